The molecule has 0 saturated carbocycles. The summed E-state index contributed by atoms with van der Waals surface area (Å²) in [4.78, 5) is 0. The smallest absolute Gasteiger partial charge is 1.00 e. The summed E-state index contributed by atoms with van der Waals surface area (Å²) < 4.78 is 4.83. The normalized spacial score (nSPS) is 6.00. The molecule has 0 fully saturated rings. The standard InChI is InChI=1S/C4H10O.ClH.K/c1-3-5-4-2;;/h3-4H2,1-2H3;1H;/q;;+1/p-1. The van der Waals surface area contributed by atoms with Gasteiger partial charge in [0.15, 0.2) is 0 Å². The van der Waals surface area contributed by atoms with Gasteiger partial charge in [-0.3, -0.25) is 0 Å². The van der Waals surface area contributed by atoms with Crippen LogP contribution in [-0.4, -0.2) is 13.2 Å². The van der Waals surface area contributed by atoms with E-state index in [1.165, 1.54) is 0 Å². The van der Waals surface area contributed by atoms with Crippen LogP contribution in [0.25, 0.3) is 0 Å². The second kappa shape index (κ2) is 15.7. The Bertz CT molecular complexity index is 19.2. The Kier molecular flexibility index (Phi) is 35.7. The molecule has 0 aromatic rings. The van der Waals surface area contributed by atoms with E-state index in [-0.39, 0.29) is 63.8 Å². The second-order valence-corrected chi connectivity index (χ2v) is 0.781. The van der Waals surface area contributed by atoms with Gasteiger partial charge in [0.05, 0.1) is 0 Å². The third-order valence-corrected chi connectivity index (χ3v) is 0.408. The molecule has 3 heteroatoms. The fourth-order valence-corrected chi connectivity index (χ4v) is 0.204. The zero-order valence-corrected chi connectivity index (χ0v) is 9.08. The largest absolute Gasteiger partial charge is 1.00 e. The van der Waals surface area contributed by atoms with Crippen LogP contribution in [-0.2, 0) is 4.74 Å². The fourth-order valence-electron chi connectivity index (χ4n) is 0.204. The first-order valence-electron chi connectivity index (χ1n) is 1.99. The van der Waals surface area contributed by atoms with E-state index in [0.717, 1.165) is 13.2 Å². The van der Waals surface area contributed by atoms with Gasteiger partial charge in [0, 0.05) is 13.2 Å². The van der Waals surface area contributed by atoms with Gasteiger partial charge in [0.1, 0.15) is 0 Å². The van der Waals surface area contributed by atoms with Crippen molar-refractivity contribution in [2.24, 2.45) is 0 Å². The van der Waals surface area contributed by atoms with Crippen LogP contribution in [0, 0.1) is 0 Å². The molecule has 0 amide bonds. The van der Waals surface area contributed by atoms with Crippen molar-refractivity contribution in [1.29, 1.82) is 0 Å². The van der Waals surface area contributed by atoms with E-state index < -0.39 is 0 Å². The van der Waals surface area contributed by atoms with E-state index in [0.29, 0.717) is 0 Å². The number of ether oxygens (including phenoxy) is 1. The van der Waals surface area contributed by atoms with E-state index in [1.807, 2.05) is 13.8 Å². The Labute approximate surface area is 94.0 Å². The van der Waals surface area contributed by atoms with Crippen LogP contribution in [0.4, 0.5) is 0 Å². The first kappa shape index (κ1) is 16.0. The van der Waals surface area contributed by atoms with Crippen LogP contribution in [0.3, 0.4) is 0 Å². The quantitative estimate of drug-likeness (QED) is 0.357. The van der Waals surface area contributed by atoms with Crippen molar-refractivity contribution >= 4 is 0 Å². The first-order valence-corrected chi connectivity index (χ1v) is 1.99. The van der Waals surface area contributed by atoms with Gasteiger partial charge in [0.2, 0.25) is 0 Å². The summed E-state index contributed by atoms with van der Waals surface area (Å²) in [6, 6.07) is 0. The van der Waals surface area contributed by atoms with Crippen LogP contribution < -0.4 is 63.8 Å². The maximum absolute atomic E-state index is 4.83. The van der Waals surface area contributed by atoms with Crippen molar-refractivity contribution < 1.29 is 68.5 Å². The summed E-state index contributed by atoms with van der Waals surface area (Å²) >= 11 is 0. The molecule has 0 heterocycles. The molecule has 0 rings (SSSR count). The molecule has 0 aliphatic rings. The summed E-state index contributed by atoms with van der Waals surface area (Å²) in [5.41, 5.74) is 0. The summed E-state index contributed by atoms with van der Waals surface area (Å²) in [6.45, 7) is 5.67. The van der Waals surface area contributed by atoms with Crippen molar-refractivity contribution in [3.05, 3.63) is 0 Å². The maximum atomic E-state index is 4.83. The molecule has 0 unspecified atom stereocenters. The van der Waals surface area contributed by atoms with Crippen LogP contribution in [0.15, 0.2) is 0 Å². The molecule has 1 nitrogen and oxygen atoms in total. The number of hydrogen-bond donors (Lipinski definition) is 0. The number of halogens is 1. The topological polar surface area (TPSA) is 9.23 Å². The molecule has 0 aliphatic carbocycles. The average Bonchev–Trinajstić information content (AvgIpc) is 1.41. The predicted molar refractivity (Wildman–Crippen MR) is 22.2 cm³/mol. The third-order valence-electron chi connectivity index (χ3n) is 0.408. The molecule has 0 aliphatic heterocycles. The van der Waals surface area contributed by atoms with E-state index in [2.05, 4.69) is 0 Å². The zero-order chi connectivity index (χ0) is 4.12. The van der Waals surface area contributed by atoms with E-state index >= 15 is 0 Å². The minimum atomic E-state index is 0. The SMILES string of the molecule is CCOCC.[Cl-].[K+]. The number of hydrogen-bond acceptors (Lipinski definition) is 1. The van der Waals surface area contributed by atoms with Crippen molar-refractivity contribution in [3.8, 4) is 0 Å². The van der Waals surface area contributed by atoms with Crippen molar-refractivity contribution in [2.75, 3.05) is 13.2 Å². The molecule has 0 radical (unpaired) electrons. The van der Waals surface area contributed by atoms with Crippen LogP contribution in [0.1, 0.15) is 13.8 Å². The molecular weight excluding hydrogens is 139 g/mol. The molecule has 0 aromatic carbocycles. The van der Waals surface area contributed by atoms with Crippen LogP contribution >= 0.6 is 0 Å². The Balaban J connectivity index is -0.0000000800. The molecule has 0 spiro atoms. The molecule has 40 valence electrons. The minimum Gasteiger partial charge on any atom is -1.00 e. The maximum Gasteiger partial charge on any atom is 1.00 e. The van der Waals surface area contributed by atoms with Gasteiger partial charge in [-0.25, -0.2) is 0 Å². The van der Waals surface area contributed by atoms with E-state index in [1.54, 1.807) is 0 Å². The van der Waals surface area contributed by atoms with Gasteiger partial charge in [-0.2, -0.15) is 0 Å². The summed E-state index contributed by atoms with van der Waals surface area (Å²) in [5, 5.41) is 0. The van der Waals surface area contributed by atoms with Gasteiger partial charge in [-0.1, -0.05) is 0 Å². The molecule has 0 atom stereocenters. The Morgan fingerprint density at radius 1 is 1.14 bits per heavy atom. The minimum absolute atomic E-state index is 0. The van der Waals surface area contributed by atoms with Gasteiger partial charge in [-0.15, -0.1) is 0 Å². The zero-order valence-electron chi connectivity index (χ0n) is 5.20. The average molecular weight is 149 g/mol. The van der Waals surface area contributed by atoms with Gasteiger partial charge in [0.25, 0.3) is 0 Å². The van der Waals surface area contributed by atoms with E-state index in [9.17, 15) is 0 Å². The Morgan fingerprint density at radius 3 is 1.43 bits per heavy atom. The predicted octanol–water partition coefficient (Wildman–Crippen LogP) is -4.95. The third kappa shape index (κ3) is 18.1. The van der Waals surface area contributed by atoms with Crippen molar-refractivity contribution in [1.82, 2.24) is 0 Å². The summed E-state index contributed by atoms with van der Waals surface area (Å²) in [6.07, 6.45) is 0. The summed E-state index contributed by atoms with van der Waals surface area (Å²) in [5.74, 6) is 0. The fraction of sp³-hybridized carbons (Fsp3) is 1.00. The molecule has 0 N–H and O–H groups in total. The van der Waals surface area contributed by atoms with Gasteiger partial charge in [-0.05, 0) is 13.8 Å². The second-order valence-electron chi connectivity index (χ2n) is 0.781. The van der Waals surface area contributed by atoms with Crippen molar-refractivity contribution in [2.45, 2.75) is 13.8 Å². The first-order chi connectivity index (χ1) is 2.41. The van der Waals surface area contributed by atoms with Crippen molar-refractivity contribution in [3.63, 3.8) is 0 Å². The Morgan fingerprint density at radius 2 is 1.43 bits per heavy atom. The molecule has 0 bridgehead atoms. The van der Waals surface area contributed by atoms with Gasteiger partial charge >= 0.3 is 51.4 Å². The number of rotatable bonds is 2. The molecule has 0 saturated heterocycles. The van der Waals surface area contributed by atoms with Crippen LogP contribution in [0.2, 0.25) is 0 Å². The molecular formula is C4H10ClKO. The monoisotopic (exact) mass is 148 g/mol. The van der Waals surface area contributed by atoms with Gasteiger partial charge < -0.3 is 17.1 Å². The molecule has 7 heavy (non-hydrogen) atoms. The van der Waals surface area contributed by atoms with E-state index in [4.69, 9.17) is 4.74 Å². The Hall–Kier alpha value is 1.89. The summed E-state index contributed by atoms with van der Waals surface area (Å²) in [7, 11) is 0. The van der Waals surface area contributed by atoms with Crippen LogP contribution in [0.5, 0.6) is 0 Å². The molecule has 0 aromatic heterocycles.